The standard InChI is InChI=1S/C20H20ClN3O3S/c1-14-3-4-15(2)19(13-14)28(26,27)22-11-12-24-20(25)10-9-18(23-24)16-5-7-17(21)8-6-16/h3-10,13,22H,11-12H2,1-2H3. The van der Waals surface area contributed by atoms with Crippen LogP contribution >= 0.6 is 11.6 Å². The lowest BCUT2D eigenvalue weighted by Crippen LogP contribution is -2.32. The zero-order chi connectivity index (χ0) is 20.3. The van der Waals surface area contributed by atoms with Crippen molar-refractivity contribution in [2.24, 2.45) is 0 Å². The number of benzene rings is 2. The molecule has 146 valence electrons. The first-order chi connectivity index (χ1) is 13.3. The van der Waals surface area contributed by atoms with E-state index in [0.29, 0.717) is 16.3 Å². The number of halogens is 1. The third-order valence-corrected chi connectivity index (χ3v) is 6.11. The summed E-state index contributed by atoms with van der Waals surface area (Å²) in [7, 11) is -3.67. The van der Waals surface area contributed by atoms with Crippen LogP contribution in [0.3, 0.4) is 0 Å². The van der Waals surface area contributed by atoms with Crippen LogP contribution in [-0.4, -0.2) is 24.7 Å². The molecule has 0 spiro atoms. The lowest BCUT2D eigenvalue weighted by atomic mass is 10.1. The zero-order valence-corrected chi connectivity index (χ0v) is 17.1. The molecule has 2 aromatic carbocycles. The van der Waals surface area contributed by atoms with Crippen LogP contribution in [0.15, 0.2) is 64.3 Å². The summed E-state index contributed by atoms with van der Waals surface area (Å²) >= 11 is 5.90. The average Bonchev–Trinajstić information content (AvgIpc) is 2.66. The van der Waals surface area contributed by atoms with Gasteiger partial charge >= 0.3 is 0 Å². The fraction of sp³-hybridized carbons (Fsp3) is 0.200. The van der Waals surface area contributed by atoms with Crippen molar-refractivity contribution in [1.82, 2.24) is 14.5 Å². The molecule has 1 N–H and O–H groups in total. The van der Waals surface area contributed by atoms with E-state index in [1.54, 1.807) is 37.3 Å². The molecule has 0 unspecified atom stereocenters. The number of hydrogen-bond acceptors (Lipinski definition) is 4. The third kappa shape index (κ3) is 4.67. The Bertz CT molecular complexity index is 1160. The number of sulfonamides is 1. The van der Waals surface area contributed by atoms with E-state index < -0.39 is 10.0 Å². The van der Waals surface area contributed by atoms with Gasteiger partial charge in [-0.3, -0.25) is 4.79 Å². The van der Waals surface area contributed by atoms with Gasteiger partial charge in [-0.05, 0) is 49.2 Å². The minimum Gasteiger partial charge on any atom is -0.268 e. The molecule has 0 bridgehead atoms. The van der Waals surface area contributed by atoms with Crippen molar-refractivity contribution in [3.63, 3.8) is 0 Å². The summed E-state index contributed by atoms with van der Waals surface area (Å²) in [4.78, 5) is 12.3. The zero-order valence-electron chi connectivity index (χ0n) is 15.5. The van der Waals surface area contributed by atoms with Crippen molar-refractivity contribution >= 4 is 21.6 Å². The van der Waals surface area contributed by atoms with E-state index in [2.05, 4.69) is 9.82 Å². The molecule has 0 fully saturated rings. The first-order valence-corrected chi connectivity index (χ1v) is 10.5. The van der Waals surface area contributed by atoms with Crippen LogP contribution in [-0.2, 0) is 16.6 Å². The molecule has 0 saturated heterocycles. The van der Waals surface area contributed by atoms with Gasteiger partial charge in [0.25, 0.3) is 5.56 Å². The number of nitrogens with zero attached hydrogens (tertiary/aromatic N) is 2. The molecular weight excluding hydrogens is 398 g/mol. The van der Waals surface area contributed by atoms with Crippen molar-refractivity contribution in [1.29, 1.82) is 0 Å². The Morgan fingerprint density at radius 2 is 1.75 bits per heavy atom. The highest BCUT2D eigenvalue weighted by molar-refractivity contribution is 7.89. The molecule has 3 aromatic rings. The molecule has 0 aliphatic carbocycles. The Morgan fingerprint density at radius 3 is 2.46 bits per heavy atom. The van der Waals surface area contributed by atoms with Crippen molar-refractivity contribution in [2.45, 2.75) is 25.3 Å². The van der Waals surface area contributed by atoms with Gasteiger partial charge in [-0.25, -0.2) is 17.8 Å². The van der Waals surface area contributed by atoms with E-state index in [1.807, 2.05) is 25.1 Å². The second-order valence-corrected chi connectivity index (χ2v) is 8.63. The SMILES string of the molecule is Cc1ccc(C)c(S(=O)(=O)NCCn2nc(-c3ccc(Cl)cc3)ccc2=O)c1. The molecule has 6 nitrogen and oxygen atoms in total. The van der Waals surface area contributed by atoms with Gasteiger partial charge in [0.2, 0.25) is 10.0 Å². The molecule has 0 aliphatic rings. The van der Waals surface area contributed by atoms with Crippen LogP contribution in [0, 0.1) is 13.8 Å². The predicted molar refractivity (Wildman–Crippen MR) is 110 cm³/mol. The quantitative estimate of drug-likeness (QED) is 0.668. The molecule has 1 heterocycles. The van der Waals surface area contributed by atoms with Crippen LogP contribution in [0.5, 0.6) is 0 Å². The smallest absolute Gasteiger partial charge is 0.266 e. The first kappa shape index (κ1) is 20.3. The number of nitrogens with one attached hydrogen (secondary N) is 1. The van der Waals surface area contributed by atoms with Gasteiger partial charge in [-0.15, -0.1) is 0 Å². The Balaban J connectivity index is 1.76. The van der Waals surface area contributed by atoms with Crippen LogP contribution in [0.25, 0.3) is 11.3 Å². The van der Waals surface area contributed by atoms with Gasteiger partial charge < -0.3 is 0 Å². The Morgan fingerprint density at radius 1 is 1.04 bits per heavy atom. The number of hydrogen-bond donors (Lipinski definition) is 1. The lowest BCUT2D eigenvalue weighted by molar-refractivity contribution is 0.548. The molecule has 0 saturated carbocycles. The van der Waals surface area contributed by atoms with Gasteiger partial charge in [-0.1, -0.05) is 35.9 Å². The monoisotopic (exact) mass is 417 g/mol. The Kier molecular flexibility index (Phi) is 5.98. The highest BCUT2D eigenvalue weighted by Crippen LogP contribution is 2.18. The second kappa shape index (κ2) is 8.26. The van der Waals surface area contributed by atoms with Crippen LogP contribution < -0.4 is 10.3 Å². The van der Waals surface area contributed by atoms with Gasteiger partial charge in [0.15, 0.2) is 0 Å². The lowest BCUT2D eigenvalue weighted by Gasteiger charge is -2.11. The van der Waals surface area contributed by atoms with Gasteiger partial charge in [0.1, 0.15) is 0 Å². The topological polar surface area (TPSA) is 81.1 Å². The molecule has 1 aromatic heterocycles. The van der Waals surface area contributed by atoms with Crippen LogP contribution in [0.1, 0.15) is 11.1 Å². The largest absolute Gasteiger partial charge is 0.268 e. The van der Waals surface area contributed by atoms with Gasteiger partial charge in [-0.2, -0.15) is 5.10 Å². The summed E-state index contributed by atoms with van der Waals surface area (Å²) < 4.78 is 28.9. The second-order valence-electron chi connectivity index (χ2n) is 6.45. The molecule has 0 radical (unpaired) electrons. The predicted octanol–water partition coefficient (Wildman–Crippen LogP) is 3.16. The summed E-state index contributed by atoms with van der Waals surface area (Å²) in [6.45, 7) is 3.75. The molecule has 3 rings (SSSR count). The maximum atomic E-state index is 12.6. The molecule has 8 heteroatoms. The van der Waals surface area contributed by atoms with E-state index >= 15 is 0 Å². The van der Waals surface area contributed by atoms with Gasteiger partial charge in [0.05, 0.1) is 17.1 Å². The van der Waals surface area contributed by atoms with Crippen LogP contribution in [0.4, 0.5) is 0 Å². The first-order valence-electron chi connectivity index (χ1n) is 8.67. The maximum Gasteiger partial charge on any atom is 0.266 e. The van der Waals surface area contributed by atoms with Crippen molar-refractivity contribution in [3.05, 3.63) is 81.1 Å². The fourth-order valence-corrected chi connectivity index (χ4v) is 4.22. The minimum atomic E-state index is -3.67. The summed E-state index contributed by atoms with van der Waals surface area (Å²) in [6.07, 6.45) is 0. The molecule has 0 amide bonds. The van der Waals surface area contributed by atoms with E-state index in [9.17, 15) is 13.2 Å². The number of aryl methyl sites for hydroxylation is 2. The van der Waals surface area contributed by atoms with Crippen LogP contribution in [0.2, 0.25) is 5.02 Å². The summed E-state index contributed by atoms with van der Waals surface area (Å²) in [6, 6.07) is 15.4. The number of rotatable bonds is 6. The summed E-state index contributed by atoms with van der Waals surface area (Å²) in [5, 5.41) is 4.93. The maximum absolute atomic E-state index is 12.6. The Labute approximate surface area is 168 Å². The van der Waals surface area contributed by atoms with E-state index in [1.165, 1.54) is 10.7 Å². The molecule has 0 aliphatic heterocycles. The minimum absolute atomic E-state index is 0.0483. The Hall–Kier alpha value is -2.48. The highest BCUT2D eigenvalue weighted by atomic mass is 35.5. The van der Waals surface area contributed by atoms with E-state index in [0.717, 1.165) is 11.1 Å². The third-order valence-electron chi connectivity index (χ3n) is 4.26. The van der Waals surface area contributed by atoms with E-state index in [-0.39, 0.29) is 23.5 Å². The van der Waals surface area contributed by atoms with Crippen molar-refractivity contribution in [2.75, 3.05) is 6.54 Å². The normalized spacial score (nSPS) is 11.5. The molecule has 28 heavy (non-hydrogen) atoms. The van der Waals surface area contributed by atoms with Gasteiger partial charge in [0, 0.05) is 23.2 Å². The molecule has 0 atom stereocenters. The average molecular weight is 418 g/mol. The van der Waals surface area contributed by atoms with E-state index in [4.69, 9.17) is 11.6 Å². The van der Waals surface area contributed by atoms with Crippen molar-refractivity contribution in [3.8, 4) is 11.3 Å². The van der Waals surface area contributed by atoms with Crippen molar-refractivity contribution < 1.29 is 8.42 Å². The molecular formula is C20H20ClN3O3S. The fourth-order valence-electron chi connectivity index (χ4n) is 2.74. The summed E-state index contributed by atoms with van der Waals surface area (Å²) in [5.41, 5.74) is 2.64. The highest BCUT2D eigenvalue weighted by Gasteiger charge is 2.16. The number of aromatic nitrogens is 2. The summed E-state index contributed by atoms with van der Waals surface area (Å²) in [5.74, 6) is 0.